The number of hydrogen-bond acceptors (Lipinski definition) is 1. The molecule has 4 bridgehead atoms. The predicted molar refractivity (Wildman–Crippen MR) is 54.9 cm³/mol. The van der Waals surface area contributed by atoms with Crippen molar-refractivity contribution in [2.24, 2.45) is 11.8 Å². The summed E-state index contributed by atoms with van der Waals surface area (Å²) >= 11 is 0. The molecule has 0 heterocycles. The van der Waals surface area contributed by atoms with Crippen LogP contribution in [0.2, 0.25) is 0 Å². The fourth-order valence-electron chi connectivity index (χ4n) is 4.63. The summed E-state index contributed by atoms with van der Waals surface area (Å²) in [6, 6.07) is 0. The van der Waals surface area contributed by atoms with Gasteiger partial charge < -0.3 is 4.90 Å². The molecule has 0 aliphatic heterocycles. The molecule has 4 rings (SSSR count). The Morgan fingerprint density at radius 2 is 1.64 bits per heavy atom. The normalized spacial score (nSPS) is 55.7. The maximum absolute atomic E-state index is 14.5. The van der Waals surface area contributed by atoms with Crippen LogP contribution in [0.1, 0.15) is 38.5 Å². The molecule has 0 aromatic carbocycles. The van der Waals surface area contributed by atoms with Crippen molar-refractivity contribution in [3.8, 4) is 0 Å². The first-order valence-electron chi connectivity index (χ1n) is 5.88. The summed E-state index contributed by atoms with van der Waals surface area (Å²) in [7, 11) is 4.27. The van der Waals surface area contributed by atoms with Crippen molar-refractivity contribution < 1.29 is 4.39 Å². The summed E-state index contributed by atoms with van der Waals surface area (Å²) in [5, 5.41) is 0. The maximum atomic E-state index is 14.5. The molecule has 0 amide bonds. The molecule has 14 heavy (non-hydrogen) atoms. The van der Waals surface area contributed by atoms with Crippen molar-refractivity contribution in [2.45, 2.75) is 49.7 Å². The second kappa shape index (κ2) is 2.52. The number of hydrogen-bond donors (Lipinski definition) is 0. The average Bonchev–Trinajstić information content (AvgIpc) is 1.98. The molecule has 0 radical (unpaired) electrons. The van der Waals surface area contributed by atoms with E-state index in [4.69, 9.17) is 0 Å². The topological polar surface area (TPSA) is 3.24 Å². The fraction of sp³-hybridized carbons (Fsp3) is 1.00. The van der Waals surface area contributed by atoms with E-state index in [1.54, 1.807) is 0 Å². The van der Waals surface area contributed by atoms with Gasteiger partial charge in [0.15, 0.2) is 0 Å². The van der Waals surface area contributed by atoms with Crippen LogP contribution in [0.3, 0.4) is 0 Å². The van der Waals surface area contributed by atoms with Crippen LogP contribution in [0.15, 0.2) is 0 Å². The van der Waals surface area contributed by atoms with Crippen molar-refractivity contribution in [3.05, 3.63) is 0 Å². The van der Waals surface area contributed by atoms with Crippen molar-refractivity contribution in [3.63, 3.8) is 0 Å². The highest BCUT2D eigenvalue weighted by atomic mass is 19.1. The third kappa shape index (κ3) is 1.09. The van der Waals surface area contributed by atoms with Gasteiger partial charge in [-0.25, -0.2) is 4.39 Å². The SMILES string of the molecule is CN(C)C12CC3CC(CC(F)(C3)C1)C2. The van der Waals surface area contributed by atoms with Crippen molar-refractivity contribution in [1.82, 2.24) is 4.90 Å². The minimum Gasteiger partial charge on any atom is -0.304 e. The summed E-state index contributed by atoms with van der Waals surface area (Å²) in [4.78, 5) is 2.30. The smallest absolute Gasteiger partial charge is 0.113 e. The van der Waals surface area contributed by atoms with Crippen molar-refractivity contribution in [1.29, 1.82) is 0 Å². The van der Waals surface area contributed by atoms with Gasteiger partial charge >= 0.3 is 0 Å². The zero-order chi connectivity index (χ0) is 9.97. The molecule has 4 aliphatic carbocycles. The molecule has 0 N–H and O–H groups in total. The molecule has 2 atom stereocenters. The molecule has 2 heteroatoms. The van der Waals surface area contributed by atoms with Crippen molar-refractivity contribution in [2.75, 3.05) is 14.1 Å². The molecule has 1 nitrogen and oxygen atoms in total. The van der Waals surface area contributed by atoms with Crippen LogP contribution in [-0.4, -0.2) is 30.2 Å². The second-order valence-electron chi connectivity index (χ2n) is 6.23. The van der Waals surface area contributed by atoms with E-state index in [9.17, 15) is 4.39 Å². The molecular weight excluding hydrogens is 177 g/mol. The highest BCUT2D eigenvalue weighted by Crippen LogP contribution is 2.60. The molecule has 4 saturated carbocycles. The summed E-state index contributed by atoms with van der Waals surface area (Å²) in [5.41, 5.74) is -0.576. The lowest BCUT2D eigenvalue weighted by molar-refractivity contribution is -0.130. The highest BCUT2D eigenvalue weighted by molar-refractivity contribution is 5.12. The van der Waals surface area contributed by atoms with Gasteiger partial charge in [-0.15, -0.1) is 0 Å². The van der Waals surface area contributed by atoms with Gasteiger partial charge in [0.1, 0.15) is 5.67 Å². The average molecular weight is 197 g/mol. The Labute approximate surface area is 85.7 Å². The molecule has 0 aromatic rings. The van der Waals surface area contributed by atoms with E-state index in [2.05, 4.69) is 19.0 Å². The van der Waals surface area contributed by atoms with Crippen LogP contribution >= 0.6 is 0 Å². The number of halogens is 1. The Balaban J connectivity index is 1.96. The molecule has 2 unspecified atom stereocenters. The van der Waals surface area contributed by atoms with Gasteiger partial charge in [-0.3, -0.25) is 0 Å². The zero-order valence-corrected chi connectivity index (χ0v) is 9.22. The first kappa shape index (κ1) is 9.14. The zero-order valence-electron chi connectivity index (χ0n) is 9.22. The minimum absolute atomic E-state index is 0.221. The van der Waals surface area contributed by atoms with E-state index >= 15 is 0 Å². The van der Waals surface area contributed by atoms with E-state index in [1.165, 1.54) is 19.3 Å². The lowest BCUT2D eigenvalue weighted by Crippen LogP contribution is -2.62. The van der Waals surface area contributed by atoms with E-state index in [0.29, 0.717) is 11.8 Å². The Hall–Kier alpha value is -0.110. The Kier molecular flexibility index (Phi) is 1.65. The van der Waals surface area contributed by atoms with Crippen LogP contribution in [0.5, 0.6) is 0 Å². The lowest BCUT2D eigenvalue weighted by Gasteiger charge is -2.61. The number of rotatable bonds is 1. The molecule has 0 aromatic heterocycles. The number of nitrogens with zero attached hydrogens (tertiary/aromatic N) is 1. The van der Waals surface area contributed by atoms with E-state index < -0.39 is 5.67 Å². The highest BCUT2D eigenvalue weighted by Gasteiger charge is 2.58. The number of alkyl halides is 1. The standard InChI is InChI=1S/C12H20FN/c1-14(2)12-6-9-3-10(7-12)5-11(13,4-9)8-12/h9-10H,3-8H2,1-2H3. The lowest BCUT2D eigenvalue weighted by atomic mass is 9.51. The monoisotopic (exact) mass is 197 g/mol. The Morgan fingerprint density at radius 3 is 2.07 bits per heavy atom. The molecule has 4 fully saturated rings. The van der Waals surface area contributed by atoms with Crippen LogP contribution in [-0.2, 0) is 0 Å². The van der Waals surface area contributed by atoms with Gasteiger partial charge in [0.2, 0.25) is 0 Å². The minimum atomic E-state index is -0.797. The Bertz CT molecular complexity index is 247. The van der Waals surface area contributed by atoms with Gasteiger partial charge in [-0.1, -0.05) is 0 Å². The molecule has 0 spiro atoms. The first-order valence-corrected chi connectivity index (χ1v) is 5.88. The third-order valence-electron chi connectivity index (χ3n) is 4.91. The van der Waals surface area contributed by atoms with E-state index in [0.717, 1.165) is 19.3 Å². The molecule has 4 aliphatic rings. The van der Waals surface area contributed by atoms with Gasteiger partial charge in [0.25, 0.3) is 0 Å². The van der Waals surface area contributed by atoms with Gasteiger partial charge in [0, 0.05) is 5.54 Å². The van der Waals surface area contributed by atoms with Crippen LogP contribution in [0.25, 0.3) is 0 Å². The van der Waals surface area contributed by atoms with Crippen LogP contribution < -0.4 is 0 Å². The maximum Gasteiger partial charge on any atom is 0.113 e. The van der Waals surface area contributed by atoms with Crippen molar-refractivity contribution >= 4 is 0 Å². The Morgan fingerprint density at radius 1 is 1.07 bits per heavy atom. The van der Waals surface area contributed by atoms with E-state index in [-0.39, 0.29) is 5.54 Å². The summed E-state index contributed by atoms with van der Waals surface area (Å²) in [5.74, 6) is 1.37. The van der Waals surface area contributed by atoms with Crippen LogP contribution in [0.4, 0.5) is 4.39 Å². The second-order valence-corrected chi connectivity index (χ2v) is 6.23. The fourth-order valence-corrected chi connectivity index (χ4v) is 4.63. The largest absolute Gasteiger partial charge is 0.304 e. The predicted octanol–water partition coefficient (Wildman–Crippen LogP) is 2.61. The van der Waals surface area contributed by atoms with Crippen LogP contribution in [0, 0.1) is 11.8 Å². The molecule has 80 valence electrons. The third-order valence-corrected chi connectivity index (χ3v) is 4.91. The first-order chi connectivity index (χ1) is 6.51. The van der Waals surface area contributed by atoms with Gasteiger partial charge in [-0.2, -0.15) is 0 Å². The molecule has 0 saturated heterocycles. The molecular formula is C12H20FN. The summed E-state index contributed by atoms with van der Waals surface area (Å²) in [6.07, 6.45) is 6.34. The summed E-state index contributed by atoms with van der Waals surface area (Å²) in [6.45, 7) is 0. The summed E-state index contributed by atoms with van der Waals surface area (Å²) < 4.78 is 14.5. The van der Waals surface area contributed by atoms with E-state index in [1.807, 2.05) is 0 Å². The van der Waals surface area contributed by atoms with Gasteiger partial charge in [0.05, 0.1) is 0 Å². The quantitative estimate of drug-likeness (QED) is 0.624. The van der Waals surface area contributed by atoms with Gasteiger partial charge in [-0.05, 0) is 64.5 Å².